The summed E-state index contributed by atoms with van der Waals surface area (Å²) < 4.78 is 24.5. The summed E-state index contributed by atoms with van der Waals surface area (Å²) in [5, 5.41) is 0.605. The Hall–Kier alpha value is -1.21. The van der Waals surface area contributed by atoms with E-state index < -0.39 is 9.84 Å². The molecular formula is C12H14N2O3S2. The average Bonchev–Trinajstić information content (AvgIpc) is 2.93. The number of rotatable bonds is 2. The maximum absolute atomic E-state index is 12.4. The van der Waals surface area contributed by atoms with Crippen molar-refractivity contribution in [2.75, 3.05) is 11.5 Å². The van der Waals surface area contributed by atoms with Gasteiger partial charge in [0.1, 0.15) is 4.83 Å². The molecule has 0 aromatic carbocycles. The summed E-state index contributed by atoms with van der Waals surface area (Å²) in [5.74, 6) is 0.205. The number of aryl methyl sites for hydroxylation is 1. The van der Waals surface area contributed by atoms with Crippen LogP contribution in [-0.2, 0) is 16.3 Å². The Balaban J connectivity index is 2.11. The summed E-state index contributed by atoms with van der Waals surface area (Å²) in [7, 11) is -3.00. The number of fused-ring (bicyclic) bond motifs is 1. The highest BCUT2D eigenvalue weighted by atomic mass is 32.2. The van der Waals surface area contributed by atoms with Crippen molar-refractivity contribution in [2.24, 2.45) is 0 Å². The molecule has 1 aliphatic rings. The van der Waals surface area contributed by atoms with Gasteiger partial charge in [-0.25, -0.2) is 13.4 Å². The first-order valence-corrected chi connectivity index (χ1v) is 8.84. The van der Waals surface area contributed by atoms with Gasteiger partial charge < -0.3 is 0 Å². The predicted molar refractivity (Wildman–Crippen MR) is 75.6 cm³/mol. The second kappa shape index (κ2) is 4.42. The van der Waals surface area contributed by atoms with Gasteiger partial charge in [0, 0.05) is 4.88 Å². The van der Waals surface area contributed by atoms with Gasteiger partial charge in [0.15, 0.2) is 9.84 Å². The van der Waals surface area contributed by atoms with E-state index in [0.717, 1.165) is 16.1 Å². The molecule has 0 N–H and O–H groups in total. The van der Waals surface area contributed by atoms with Crippen molar-refractivity contribution in [3.63, 3.8) is 0 Å². The quantitative estimate of drug-likeness (QED) is 0.840. The summed E-state index contributed by atoms with van der Waals surface area (Å²) in [4.78, 5) is 18.5. The zero-order valence-corrected chi connectivity index (χ0v) is 12.1. The van der Waals surface area contributed by atoms with Gasteiger partial charge in [-0.15, -0.1) is 11.3 Å². The molecule has 0 aliphatic carbocycles. The second-order valence-corrected chi connectivity index (χ2v) is 8.14. The molecule has 7 heteroatoms. The molecule has 5 nitrogen and oxygen atoms in total. The molecule has 2 aromatic heterocycles. The minimum absolute atomic E-state index is 0.0465. The SMILES string of the molecule is CCc1cc2c(=O)n(C3CCS(=O)(=O)C3)cnc2s1. The minimum atomic E-state index is -3.00. The highest BCUT2D eigenvalue weighted by Gasteiger charge is 2.30. The fourth-order valence-electron chi connectivity index (χ4n) is 2.42. The van der Waals surface area contributed by atoms with Crippen LogP contribution in [0, 0.1) is 0 Å². The Labute approximate surface area is 114 Å². The lowest BCUT2D eigenvalue weighted by atomic mass is 10.2. The number of nitrogens with zero attached hydrogens (tertiary/aromatic N) is 2. The summed E-state index contributed by atoms with van der Waals surface area (Å²) in [5.41, 5.74) is -0.122. The van der Waals surface area contributed by atoms with E-state index in [9.17, 15) is 13.2 Å². The molecule has 1 unspecified atom stereocenters. The van der Waals surface area contributed by atoms with E-state index in [2.05, 4.69) is 4.98 Å². The van der Waals surface area contributed by atoms with E-state index in [1.807, 2.05) is 13.0 Å². The zero-order valence-electron chi connectivity index (χ0n) is 10.5. The highest BCUT2D eigenvalue weighted by Crippen LogP contribution is 2.25. The second-order valence-electron chi connectivity index (χ2n) is 4.80. The molecule has 102 valence electrons. The number of sulfone groups is 1. The van der Waals surface area contributed by atoms with Crippen molar-refractivity contribution in [3.05, 3.63) is 27.6 Å². The van der Waals surface area contributed by atoms with E-state index in [4.69, 9.17) is 0 Å². The van der Waals surface area contributed by atoms with Gasteiger partial charge in [-0.3, -0.25) is 9.36 Å². The molecule has 1 saturated heterocycles. The van der Waals surface area contributed by atoms with Crippen molar-refractivity contribution >= 4 is 31.4 Å². The number of thiophene rings is 1. The third-order valence-electron chi connectivity index (χ3n) is 3.48. The first-order chi connectivity index (χ1) is 9.00. The van der Waals surface area contributed by atoms with Crippen LogP contribution >= 0.6 is 11.3 Å². The molecule has 1 aliphatic heterocycles. The minimum Gasteiger partial charge on any atom is -0.294 e. The Bertz CT molecular complexity index is 789. The molecule has 0 saturated carbocycles. The third kappa shape index (κ3) is 2.21. The van der Waals surface area contributed by atoms with Gasteiger partial charge in [0.2, 0.25) is 0 Å². The van der Waals surface area contributed by atoms with Crippen molar-refractivity contribution in [1.82, 2.24) is 9.55 Å². The predicted octanol–water partition coefficient (Wildman–Crippen LogP) is 1.38. The standard InChI is InChI=1S/C12H14N2O3S2/c1-2-9-5-10-11(18-9)13-7-14(12(10)15)8-3-4-19(16,17)6-8/h5,7-8H,2-4,6H2,1H3. The first kappa shape index (κ1) is 12.8. The fraction of sp³-hybridized carbons (Fsp3) is 0.500. The summed E-state index contributed by atoms with van der Waals surface area (Å²) in [6, 6.07) is 1.61. The zero-order chi connectivity index (χ0) is 13.6. The van der Waals surface area contributed by atoms with Gasteiger partial charge in [-0.05, 0) is 18.9 Å². The van der Waals surface area contributed by atoms with Crippen molar-refractivity contribution in [3.8, 4) is 0 Å². The number of hydrogen-bond donors (Lipinski definition) is 0. The van der Waals surface area contributed by atoms with Crippen LogP contribution in [0.25, 0.3) is 10.2 Å². The van der Waals surface area contributed by atoms with Gasteiger partial charge >= 0.3 is 0 Å². The lowest BCUT2D eigenvalue weighted by molar-refractivity contribution is 0.534. The smallest absolute Gasteiger partial charge is 0.262 e. The molecule has 0 amide bonds. The van der Waals surface area contributed by atoms with E-state index in [0.29, 0.717) is 11.8 Å². The molecule has 0 spiro atoms. The average molecular weight is 298 g/mol. The summed E-state index contributed by atoms with van der Waals surface area (Å²) >= 11 is 1.52. The van der Waals surface area contributed by atoms with Gasteiger partial charge in [0.25, 0.3) is 5.56 Å². The van der Waals surface area contributed by atoms with Crippen molar-refractivity contribution in [1.29, 1.82) is 0 Å². The Kier molecular flexibility index (Phi) is 2.98. The van der Waals surface area contributed by atoms with Gasteiger partial charge in [-0.1, -0.05) is 6.92 Å². The van der Waals surface area contributed by atoms with E-state index in [1.54, 1.807) is 0 Å². The van der Waals surface area contributed by atoms with Gasteiger partial charge in [-0.2, -0.15) is 0 Å². The summed E-state index contributed by atoms with van der Waals surface area (Å²) in [6.45, 7) is 2.03. The Morgan fingerprint density at radius 1 is 1.53 bits per heavy atom. The van der Waals surface area contributed by atoms with Crippen LogP contribution in [-0.4, -0.2) is 29.5 Å². The number of aromatic nitrogens is 2. The largest absolute Gasteiger partial charge is 0.294 e. The van der Waals surface area contributed by atoms with Crippen molar-refractivity contribution in [2.45, 2.75) is 25.8 Å². The molecule has 19 heavy (non-hydrogen) atoms. The lowest BCUT2D eigenvalue weighted by Gasteiger charge is -2.10. The number of hydrogen-bond acceptors (Lipinski definition) is 5. The van der Waals surface area contributed by atoms with E-state index in [1.165, 1.54) is 22.2 Å². The van der Waals surface area contributed by atoms with Crippen LogP contribution in [0.5, 0.6) is 0 Å². The van der Waals surface area contributed by atoms with Crippen LogP contribution < -0.4 is 5.56 Å². The monoisotopic (exact) mass is 298 g/mol. The lowest BCUT2D eigenvalue weighted by Crippen LogP contribution is -2.25. The maximum atomic E-state index is 12.4. The maximum Gasteiger partial charge on any atom is 0.262 e. The third-order valence-corrected chi connectivity index (χ3v) is 6.42. The summed E-state index contributed by atoms with van der Waals surface area (Å²) in [6.07, 6.45) is 2.87. The molecule has 3 heterocycles. The topological polar surface area (TPSA) is 69.0 Å². The Morgan fingerprint density at radius 2 is 2.32 bits per heavy atom. The van der Waals surface area contributed by atoms with Crippen LogP contribution in [0.1, 0.15) is 24.3 Å². The van der Waals surface area contributed by atoms with Crippen LogP contribution in [0.4, 0.5) is 0 Å². The first-order valence-electron chi connectivity index (χ1n) is 6.20. The molecule has 1 atom stereocenters. The fourth-order valence-corrected chi connectivity index (χ4v) is 5.05. The van der Waals surface area contributed by atoms with E-state index in [-0.39, 0.29) is 23.1 Å². The van der Waals surface area contributed by atoms with E-state index >= 15 is 0 Å². The molecule has 1 fully saturated rings. The Morgan fingerprint density at radius 3 is 2.95 bits per heavy atom. The highest BCUT2D eigenvalue weighted by molar-refractivity contribution is 7.91. The molecule has 3 rings (SSSR count). The molecule has 0 radical (unpaired) electrons. The van der Waals surface area contributed by atoms with Crippen molar-refractivity contribution < 1.29 is 8.42 Å². The van der Waals surface area contributed by atoms with Crippen LogP contribution in [0.3, 0.4) is 0 Å². The van der Waals surface area contributed by atoms with Crippen LogP contribution in [0.15, 0.2) is 17.2 Å². The molecular weight excluding hydrogens is 284 g/mol. The molecule has 0 bridgehead atoms. The van der Waals surface area contributed by atoms with Crippen LogP contribution in [0.2, 0.25) is 0 Å². The van der Waals surface area contributed by atoms with Gasteiger partial charge in [0.05, 0.1) is 29.3 Å². The molecule has 2 aromatic rings. The normalized spacial score (nSPS) is 22.1.